The molecule has 4 aromatic heterocycles. The molecule has 1 aromatic carbocycles. The molecule has 2 amide bonds. The van der Waals surface area contributed by atoms with E-state index in [1.165, 1.54) is 17.7 Å². The quantitative estimate of drug-likeness (QED) is 0.320. The van der Waals surface area contributed by atoms with Crippen molar-refractivity contribution < 1.29 is 14.0 Å². The highest BCUT2D eigenvalue weighted by Crippen LogP contribution is 2.37. The molecular weight excluding hydrogens is 523 g/mol. The van der Waals surface area contributed by atoms with Crippen molar-refractivity contribution in [3.8, 4) is 22.9 Å². The fourth-order valence-corrected chi connectivity index (χ4v) is 5.07. The Bertz CT molecular complexity index is 1800. The molecule has 41 heavy (non-hydrogen) atoms. The minimum atomic E-state index is -0.650. The summed E-state index contributed by atoms with van der Waals surface area (Å²) in [6.07, 6.45) is 6.36. The number of hydrogen-bond acceptors (Lipinski definition) is 6. The SMILES string of the molecule is CC(=O)N[C@H]1CCc2cc(-n3c(-c4cccnc4NC(=O)C(C)(C)C)nc4cc(F)c(-n5cccn5)nc43)ccc21. The van der Waals surface area contributed by atoms with E-state index in [-0.39, 0.29) is 23.7 Å². The Morgan fingerprint density at radius 2 is 1.90 bits per heavy atom. The van der Waals surface area contributed by atoms with E-state index in [1.807, 2.05) is 49.6 Å². The Balaban J connectivity index is 1.57. The lowest BCUT2D eigenvalue weighted by molar-refractivity contribution is -0.123. The Labute approximate surface area is 235 Å². The first kappa shape index (κ1) is 26.3. The molecule has 0 spiro atoms. The zero-order valence-electron chi connectivity index (χ0n) is 23.1. The number of benzene rings is 1. The number of amides is 2. The Morgan fingerprint density at radius 1 is 1.07 bits per heavy atom. The van der Waals surface area contributed by atoms with Crippen LogP contribution < -0.4 is 10.6 Å². The van der Waals surface area contributed by atoms with Gasteiger partial charge in [0.15, 0.2) is 23.1 Å². The second-order valence-corrected chi connectivity index (χ2v) is 11.1. The molecule has 0 fully saturated rings. The van der Waals surface area contributed by atoms with Crippen molar-refractivity contribution in [2.75, 3.05) is 5.32 Å². The summed E-state index contributed by atoms with van der Waals surface area (Å²) in [5.74, 6) is -0.0336. The Kier molecular flexibility index (Phi) is 6.36. The molecule has 0 bridgehead atoms. The molecule has 1 aliphatic carbocycles. The molecule has 5 aromatic rings. The van der Waals surface area contributed by atoms with Gasteiger partial charge in [-0.25, -0.2) is 24.0 Å². The lowest BCUT2D eigenvalue weighted by Crippen LogP contribution is -2.28. The van der Waals surface area contributed by atoms with Gasteiger partial charge in [0.1, 0.15) is 11.3 Å². The van der Waals surface area contributed by atoms with Crippen LogP contribution in [0.3, 0.4) is 0 Å². The van der Waals surface area contributed by atoms with Crippen LogP contribution in [0.25, 0.3) is 34.1 Å². The van der Waals surface area contributed by atoms with E-state index in [4.69, 9.17) is 4.98 Å². The minimum absolute atomic E-state index is 0.0366. The monoisotopic (exact) mass is 552 g/mol. The number of nitrogens with one attached hydrogen (secondary N) is 2. The van der Waals surface area contributed by atoms with E-state index >= 15 is 4.39 Å². The van der Waals surface area contributed by atoms with E-state index in [1.54, 1.807) is 30.7 Å². The van der Waals surface area contributed by atoms with Crippen molar-refractivity contribution in [2.45, 2.75) is 46.6 Å². The third-order valence-electron chi connectivity index (χ3n) is 7.09. The van der Waals surface area contributed by atoms with E-state index in [9.17, 15) is 9.59 Å². The summed E-state index contributed by atoms with van der Waals surface area (Å²) in [5, 5.41) is 10.1. The van der Waals surface area contributed by atoms with Gasteiger partial charge < -0.3 is 10.6 Å². The van der Waals surface area contributed by atoms with Crippen molar-refractivity contribution in [1.82, 2.24) is 34.6 Å². The van der Waals surface area contributed by atoms with Gasteiger partial charge in [0.05, 0.1) is 11.6 Å². The second kappa shape index (κ2) is 9.92. The predicted molar refractivity (Wildman–Crippen MR) is 152 cm³/mol. The van der Waals surface area contributed by atoms with E-state index in [0.717, 1.165) is 29.7 Å². The normalized spacial score (nSPS) is 14.7. The van der Waals surface area contributed by atoms with Gasteiger partial charge in [0.2, 0.25) is 11.8 Å². The molecule has 0 saturated heterocycles. The summed E-state index contributed by atoms with van der Waals surface area (Å²) >= 11 is 0. The average molecular weight is 553 g/mol. The number of pyridine rings is 2. The van der Waals surface area contributed by atoms with Crippen LogP contribution in [-0.4, -0.2) is 41.1 Å². The van der Waals surface area contributed by atoms with Crippen LogP contribution in [0.2, 0.25) is 0 Å². The van der Waals surface area contributed by atoms with Gasteiger partial charge in [0.25, 0.3) is 0 Å². The molecule has 11 heteroatoms. The zero-order chi connectivity index (χ0) is 28.9. The molecule has 208 valence electrons. The lowest BCUT2D eigenvalue weighted by atomic mass is 9.95. The standard InChI is InChI=1S/C30H29FN8O2/c1-17(40)34-23-11-8-18-15-19(9-10-20(18)23)39-26(21-7-5-12-32-25(21)36-29(41)30(2,3)4)35-24-16-22(31)27(37-28(24)39)38-14-6-13-33-38/h5-7,9-10,12-16,23H,8,11H2,1-4H3,(H,34,40)(H,32,36,41)/t23-/m0/s1. The van der Waals surface area contributed by atoms with E-state index in [0.29, 0.717) is 28.4 Å². The van der Waals surface area contributed by atoms with Gasteiger partial charge >= 0.3 is 0 Å². The van der Waals surface area contributed by atoms with Crippen LogP contribution >= 0.6 is 0 Å². The zero-order valence-corrected chi connectivity index (χ0v) is 23.1. The maximum absolute atomic E-state index is 15.3. The molecule has 6 rings (SSSR count). The maximum atomic E-state index is 15.3. The molecule has 0 aliphatic heterocycles. The number of carbonyl (C=O) groups is 2. The van der Waals surface area contributed by atoms with Crippen LogP contribution in [-0.2, 0) is 16.0 Å². The number of rotatable bonds is 5. The minimum Gasteiger partial charge on any atom is -0.350 e. The molecule has 0 radical (unpaired) electrons. The third-order valence-corrected chi connectivity index (χ3v) is 7.09. The average Bonchev–Trinajstić information content (AvgIpc) is 3.66. The first-order chi connectivity index (χ1) is 19.6. The van der Waals surface area contributed by atoms with Crippen molar-refractivity contribution in [3.63, 3.8) is 0 Å². The molecule has 4 heterocycles. The summed E-state index contributed by atoms with van der Waals surface area (Å²) in [4.78, 5) is 38.6. The van der Waals surface area contributed by atoms with E-state index in [2.05, 4.69) is 25.7 Å². The number of fused-ring (bicyclic) bond motifs is 2. The number of hydrogen-bond donors (Lipinski definition) is 2. The third kappa shape index (κ3) is 4.83. The van der Waals surface area contributed by atoms with Crippen molar-refractivity contribution in [1.29, 1.82) is 0 Å². The number of nitrogens with zero attached hydrogens (tertiary/aromatic N) is 6. The van der Waals surface area contributed by atoms with Crippen molar-refractivity contribution in [3.05, 3.63) is 78.0 Å². The van der Waals surface area contributed by atoms with Crippen molar-refractivity contribution >= 4 is 28.8 Å². The van der Waals surface area contributed by atoms with Gasteiger partial charge in [-0.1, -0.05) is 26.8 Å². The Morgan fingerprint density at radius 3 is 2.63 bits per heavy atom. The molecule has 1 atom stereocenters. The molecular formula is C30H29FN8O2. The summed E-state index contributed by atoms with van der Waals surface area (Å²) in [7, 11) is 0. The van der Waals surface area contributed by atoms with Gasteiger partial charge in [-0.15, -0.1) is 0 Å². The fourth-order valence-electron chi connectivity index (χ4n) is 5.07. The topological polar surface area (TPSA) is 120 Å². The van der Waals surface area contributed by atoms with Crippen LogP contribution in [0, 0.1) is 11.2 Å². The van der Waals surface area contributed by atoms with Gasteiger partial charge in [0, 0.05) is 42.7 Å². The van der Waals surface area contributed by atoms with Crippen molar-refractivity contribution in [2.24, 2.45) is 5.41 Å². The number of aromatic nitrogens is 6. The summed E-state index contributed by atoms with van der Waals surface area (Å²) in [6, 6.07) is 12.5. The molecule has 10 nitrogen and oxygen atoms in total. The number of imidazole rings is 1. The van der Waals surface area contributed by atoms with E-state index < -0.39 is 11.2 Å². The first-order valence-corrected chi connectivity index (χ1v) is 13.4. The van der Waals surface area contributed by atoms with Crippen LogP contribution in [0.1, 0.15) is 51.3 Å². The summed E-state index contributed by atoms with van der Waals surface area (Å²) < 4.78 is 18.5. The molecule has 2 N–H and O–H groups in total. The highest BCUT2D eigenvalue weighted by atomic mass is 19.1. The van der Waals surface area contributed by atoms with Crippen LogP contribution in [0.5, 0.6) is 0 Å². The maximum Gasteiger partial charge on any atom is 0.230 e. The number of halogens is 1. The molecule has 1 aliphatic rings. The van der Waals surface area contributed by atoms with Gasteiger partial charge in [-0.2, -0.15) is 5.10 Å². The highest BCUT2D eigenvalue weighted by Gasteiger charge is 2.27. The predicted octanol–water partition coefficient (Wildman–Crippen LogP) is 4.92. The Hall–Kier alpha value is -4.93. The van der Waals surface area contributed by atoms with Crippen LogP contribution in [0.4, 0.5) is 10.2 Å². The first-order valence-electron chi connectivity index (χ1n) is 13.4. The lowest BCUT2D eigenvalue weighted by Gasteiger charge is -2.19. The molecule has 0 unspecified atom stereocenters. The number of aryl methyl sites for hydroxylation is 1. The fraction of sp³-hybridized carbons (Fsp3) is 0.267. The largest absolute Gasteiger partial charge is 0.350 e. The molecule has 0 saturated carbocycles. The van der Waals surface area contributed by atoms with Crippen LogP contribution in [0.15, 0.2) is 61.1 Å². The highest BCUT2D eigenvalue weighted by molar-refractivity contribution is 5.97. The number of anilines is 1. The smallest absolute Gasteiger partial charge is 0.230 e. The number of carbonyl (C=O) groups excluding carboxylic acids is 2. The second-order valence-electron chi connectivity index (χ2n) is 11.1. The van der Waals surface area contributed by atoms with Gasteiger partial charge in [-0.05, 0) is 54.3 Å². The van der Waals surface area contributed by atoms with Gasteiger partial charge in [-0.3, -0.25) is 14.2 Å². The summed E-state index contributed by atoms with van der Waals surface area (Å²) in [5.41, 5.74) is 3.57. The summed E-state index contributed by atoms with van der Waals surface area (Å²) in [6.45, 7) is 6.98.